The van der Waals surface area contributed by atoms with Crippen LogP contribution in [0.3, 0.4) is 0 Å². The highest BCUT2D eigenvalue weighted by Gasteiger charge is 2.15. The maximum absolute atomic E-state index is 5.96. The van der Waals surface area contributed by atoms with Crippen LogP contribution < -0.4 is 10.5 Å². The molecule has 0 saturated heterocycles. The van der Waals surface area contributed by atoms with Crippen LogP contribution in [-0.2, 0) is 6.42 Å². The first-order valence-electron chi connectivity index (χ1n) is 6.48. The summed E-state index contributed by atoms with van der Waals surface area (Å²) in [6.07, 6.45) is 4.53. The number of pyridine rings is 1. The molecule has 2 aromatic rings. The van der Waals surface area contributed by atoms with Crippen molar-refractivity contribution in [1.82, 2.24) is 4.98 Å². The van der Waals surface area contributed by atoms with Gasteiger partial charge < -0.3 is 10.5 Å². The standard InChI is InChI=1S/C16H20N2O/c1-12-3-4-16(19-2)15(9-12)14(11-17)10-13-5-7-18-8-6-13/h3-9,14H,10-11,17H2,1-2H3. The van der Waals surface area contributed by atoms with Crippen LogP contribution in [0, 0.1) is 6.92 Å². The Bertz CT molecular complexity index is 526. The topological polar surface area (TPSA) is 48.1 Å². The van der Waals surface area contributed by atoms with Gasteiger partial charge in [0.15, 0.2) is 0 Å². The van der Waals surface area contributed by atoms with E-state index in [1.165, 1.54) is 16.7 Å². The average Bonchev–Trinajstić information content (AvgIpc) is 2.46. The molecule has 0 bridgehead atoms. The largest absolute Gasteiger partial charge is 0.496 e. The number of hydrogen-bond donors (Lipinski definition) is 1. The Morgan fingerprint density at radius 3 is 2.58 bits per heavy atom. The lowest BCUT2D eigenvalue weighted by molar-refractivity contribution is 0.405. The first-order chi connectivity index (χ1) is 9.24. The molecule has 1 atom stereocenters. The molecule has 1 aromatic heterocycles. The molecule has 1 heterocycles. The molecule has 1 aromatic carbocycles. The normalized spacial score (nSPS) is 12.2. The second-order valence-electron chi connectivity index (χ2n) is 4.74. The summed E-state index contributed by atoms with van der Waals surface area (Å²) < 4.78 is 5.45. The summed E-state index contributed by atoms with van der Waals surface area (Å²) >= 11 is 0. The lowest BCUT2D eigenvalue weighted by Gasteiger charge is -2.19. The first kappa shape index (κ1) is 13.6. The van der Waals surface area contributed by atoms with Crippen molar-refractivity contribution in [3.8, 4) is 5.75 Å². The molecule has 2 N–H and O–H groups in total. The minimum Gasteiger partial charge on any atom is -0.496 e. The Labute approximate surface area is 114 Å². The molecule has 0 aliphatic carbocycles. The predicted molar refractivity (Wildman–Crippen MR) is 77.5 cm³/mol. The SMILES string of the molecule is COc1ccc(C)cc1C(CN)Cc1ccncc1. The molecule has 3 heteroatoms. The molecule has 0 spiro atoms. The smallest absolute Gasteiger partial charge is 0.122 e. The highest BCUT2D eigenvalue weighted by Crippen LogP contribution is 2.29. The van der Waals surface area contributed by atoms with Gasteiger partial charge in [0.25, 0.3) is 0 Å². The second kappa shape index (κ2) is 6.34. The molecule has 1 unspecified atom stereocenters. The van der Waals surface area contributed by atoms with Crippen LogP contribution in [0.25, 0.3) is 0 Å². The van der Waals surface area contributed by atoms with Crippen molar-refractivity contribution >= 4 is 0 Å². The molecule has 3 nitrogen and oxygen atoms in total. The fraction of sp³-hybridized carbons (Fsp3) is 0.312. The van der Waals surface area contributed by atoms with Gasteiger partial charge in [0.1, 0.15) is 5.75 Å². The van der Waals surface area contributed by atoms with Crippen LogP contribution in [0.4, 0.5) is 0 Å². The molecule has 0 fully saturated rings. The molecule has 100 valence electrons. The number of aryl methyl sites for hydroxylation is 1. The summed E-state index contributed by atoms with van der Waals surface area (Å²) in [5, 5.41) is 0. The third-order valence-electron chi connectivity index (χ3n) is 3.34. The predicted octanol–water partition coefficient (Wildman–Crippen LogP) is 2.68. The van der Waals surface area contributed by atoms with Gasteiger partial charge in [0.05, 0.1) is 7.11 Å². The Morgan fingerprint density at radius 1 is 1.21 bits per heavy atom. The third-order valence-corrected chi connectivity index (χ3v) is 3.34. The number of rotatable bonds is 5. The number of methoxy groups -OCH3 is 1. The van der Waals surface area contributed by atoms with Crippen LogP contribution in [-0.4, -0.2) is 18.6 Å². The molecule has 2 rings (SSSR count). The van der Waals surface area contributed by atoms with Crippen molar-refractivity contribution in [2.24, 2.45) is 5.73 Å². The van der Waals surface area contributed by atoms with Crippen LogP contribution >= 0.6 is 0 Å². The summed E-state index contributed by atoms with van der Waals surface area (Å²) in [6, 6.07) is 10.3. The van der Waals surface area contributed by atoms with Crippen LogP contribution in [0.2, 0.25) is 0 Å². The van der Waals surface area contributed by atoms with E-state index in [1.807, 2.05) is 30.6 Å². The second-order valence-corrected chi connectivity index (χ2v) is 4.74. The molecule has 0 amide bonds. The zero-order valence-electron chi connectivity index (χ0n) is 11.5. The number of aromatic nitrogens is 1. The van der Waals surface area contributed by atoms with Gasteiger partial charge in [-0.1, -0.05) is 17.7 Å². The van der Waals surface area contributed by atoms with Crippen molar-refractivity contribution in [2.75, 3.05) is 13.7 Å². The fourth-order valence-corrected chi connectivity index (χ4v) is 2.30. The van der Waals surface area contributed by atoms with Crippen molar-refractivity contribution in [3.63, 3.8) is 0 Å². The van der Waals surface area contributed by atoms with Crippen LogP contribution in [0.1, 0.15) is 22.6 Å². The minimum atomic E-state index is 0.261. The van der Waals surface area contributed by atoms with E-state index in [4.69, 9.17) is 10.5 Å². The van der Waals surface area contributed by atoms with Crippen LogP contribution in [0.15, 0.2) is 42.7 Å². The van der Waals surface area contributed by atoms with Gasteiger partial charge in [-0.3, -0.25) is 4.98 Å². The van der Waals surface area contributed by atoms with Gasteiger partial charge in [-0.15, -0.1) is 0 Å². The van der Waals surface area contributed by atoms with Crippen LogP contribution in [0.5, 0.6) is 5.75 Å². The minimum absolute atomic E-state index is 0.261. The van der Waals surface area contributed by atoms with E-state index in [0.717, 1.165) is 12.2 Å². The van der Waals surface area contributed by atoms with Gasteiger partial charge in [0.2, 0.25) is 0 Å². The Hall–Kier alpha value is -1.87. The molecule has 0 saturated carbocycles. The monoisotopic (exact) mass is 256 g/mol. The van der Waals surface area contributed by atoms with Gasteiger partial charge >= 0.3 is 0 Å². The van der Waals surface area contributed by atoms with Crippen molar-refractivity contribution in [1.29, 1.82) is 0 Å². The van der Waals surface area contributed by atoms with Gasteiger partial charge in [-0.25, -0.2) is 0 Å². The quantitative estimate of drug-likeness (QED) is 0.894. The number of ether oxygens (including phenoxy) is 1. The first-order valence-corrected chi connectivity index (χ1v) is 6.48. The zero-order valence-corrected chi connectivity index (χ0v) is 11.5. The highest BCUT2D eigenvalue weighted by atomic mass is 16.5. The van der Waals surface area contributed by atoms with E-state index in [2.05, 4.69) is 24.0 Å². The Kier molecular flexibility index (Phi) is 4.53. The van der Waals surface area contributed by atoms with Crippen molar-refractivity contribution in [2.45, 2.75) is 19.3 Å². The summed E-state index contributed by atoms with van der Waals surface area (Å²) in [6.45, 7) is 2.69. The maximum Gasteiger partial charge on any atom is 0.122 e. The molecular formula is C16H20N2O. The number of hydrogen-bond acceptors (Lipinski definition) is 3. The molecule has 0 aliphatic heterocycles. The lowest BCUT2D eigenvalue weighted by atomic mass is 9.91. The highest BCUT2D eigenvalue weighted by molar-refractivity contribution is 5.40. The zero-order chi connectivity index (χ0) is 13.7. The summed E-state index contributed by atoms with van der Waals surface area (Å²) in [7, 11) is 1.70. The summed E-state index contributed by atoms with van der Waals surface area (Å²) in [5.74, 6) is 1.17. The van der Waals surface area contributed by atoms with E-state index in [0.29, 0.717) is 6.54 Å². The Morgan fingerprint density at radius 2 is 1.95 bits per heavy atom. The van der Waals surface area contributed by atoms with Gasteiger partial charge in [-0.2, -0.15) is 0 Å². The lowest BCUT2D eigenvalue weighted by Crippen LogP contribution is -2.16. The van der Waals surface area contributed by atoms with Crippen molar-refractivity contribution < 1.29 is 4.74 Å². The summed E-state index contributed by atoms with van der Waals surface area (Å²) in [5.41, 5.74) is 9.61. The van der Waals surface area contributed by atoms with E-state index in [-0.39, 0.29) is 5.92 Å². The summed E-state index contributed by atoms with van der Waals surface area (Å²) in [4.78, 5) is 4.04. The molecular weight excluding hydrogens is 236 g/mol. The number of benzene rings is 1. The number of nitrogens with zero attached hydrogens (tertiary/aromatic N) is 1. The molecule has 0 radical (unpaired) electrons. The number of nitrogens with two attached hydrogens (primary N) is 1. The van der Waals surface area contributed by atoms with Gasteiger partial charge in [-0.05, 0) is 49.2 Å². The third kappa shape index (κ3) is 3.32. The van der Waals surface area contributed by atoms with Gasteiger partial charge in [0, 0.05) is 18.3 Å². The molecule has 0 aliphatic rings. The fourth-order valence-electron chi connectivity index (χ4n) is 2.30. The van der Waals surface area contributed by atoms with Crippen molar-refractivity contribution in [3.05, 3.63) is 59.4 Å². The van der Waals surface area contributed by atoms with E-state index < -0.39 is 0 Å². The van der Waals surface area contributed by atoms with E-state index in [9.17, 15) is 0 Å². The maximum atomic E-state index is 5.96. The van der Waals surface area contributed by atoms with E-state index >= 15 is 0 Å². The van der Waals surface area contributed by atoms with E-state index in [1.54, 1.807) is 7.11 Å². The average molecular weight is 256 g/mol. The Balaban J connectivity index is 2.29. The molecule has 19 heavy (non-hydrogen) atoms.